The summed E-state index contributed by atoms with van der Waals surface area (Å²) in [6.07, 6.45) is 2.86. The van der Waals surface area contributed by atoms with Gasteiger partial charge in [-0.15, -0.1) is 0 Å². The van der Waals surface area contributed by atoms with E-state index in [-0.39, 0.29) is 11.9 Å². The third-order valence-electron chi connectivity index (χ3n) is 3.14. The Kier molecular flexibility index (Phi) is 3.90. The third kappa shape index (κ3) is 2.52. The van der Waals surface area contributed by atoms with Crippen LogP contribution in [0.2, 0.25) is 0 Å². The molecular formula is C12H17N3O. The van der Waals surface area contributed by atoms with Crippen molar-refractivity contribution in [2.75, 3.05) is 6.54 Å². The zero-order chi connectivity index (χ0) is 12.2. The van der Waals surface area contributed by atoms with Crippen LogP contribution >= 0.6 is 0 Å². The maximum absolute atomic E-state index is 12.2. The molecule has 0 aromatic rings. The van der Waals surface area contributed by atoms with Crippen LogP contribution in [0, 0.1) is 28.1 Å². The summed E-state index contributed by atoms with van der Waals surface area (Å²) in [4.78, 5) is 13.9. The molecule has 0 radical (unpaired) electrons. The minimum atomic E-state index is -0.932. The van der Waals surface area contributed by atoms with Crippen LogP contribution in [0.3, 0.4) is 0 Å². The molecule has 86 valence electrons. The van der Waals surface area contributed by atoms with Crippen molar-refractivity contribution in [3.05, 3.63) is 0 Å². The molecule has 1 saturated carbocycles. The van der Waals surface area contributed by atoms with Crippen molar-refractivity contribution in [1.82, 2.24) is 4.90 Å². The summed E-state index contributed by atoms with van der Waals surface area (Å²) < 4.78 is 0. The number of carbonyl (C=O) groups is 1. The Hall–Kier alpha value is -1.55. The molecule has 0 aromatic heterocycles. The van der Waals surface area contributed by atoms with Crippen molar-refractivity contribution < 1.29 is 4.79 Å². The van der Waals surface area contributed by atoms with E-state index >= 15 is 0 Å². The van der Waals surface area contributed by atoms with Crippen LogP contribution in [0.25, 0.3) is 0 Å². The summed E-state index contributed by atoms with van der Waals surface area (Å²) in [6.45, 7) is 3.98. The topological polar surface area (TPSA) is 67.9 Å². The molecule has 1 aliphatic carbocycles. The summed E-state index contributed by atoms with van der Waals surface area (Å²) in [5.41, 5.74) is -0.932. The summed E-state index contributed by atoms with van der Waals surface area (Å²) in [5.74, 6) is -0.116. The van der Waals surface area contributed by atoms with Crippen molar-refractivity contribution in [3.8, 4) is 12.1 Å². The molecule has 1 rings (SSSR count). The fraction of sp³-hybridized carbons (Fsp3) is 0.750. The lowest BCUT2D eigenvalue weighted by Crippen LogP contribution is -2.43. The highest BCUT2D eigenvalue weighted by atomic mass is 16.2. The number of rotatable bonds is 5. The van der Waals surface area contributed by atoms with Crippen LogP contribution in [0.4, 0.5) is 0 Å². The van der Waals surface area contributed by atoms with Gasteiger partial charge in [-0.1, -0.05) is 6.92 Å². The average molecular weight is 219 g/mol. The lowest BCUT2D eigenvalue weighted by atomic mass is 9.87. The van der Waals surface area contributed by atoms with Gasteiger partial charge in [0.15, 0.2) is 0 Å². The minimum Gasteiger partial charge on any atom is -0.337 e. The van der Waals surface area contributed by atoms with E-state index in [9.17, 15) is 4.79 Å². The first-order chi connectivity index (χ1) is 7.59. The number of hydrogen-bond donors (Lipinski definition) is 0. The van der Waals surface area contributed by atoms with Gasteiger partial charge in [0.05, 0.1) is 18.6 Å². The van der Waals surface area contributed by atoms with Crippen LogP contribution in [0.1, 0.15) is 39.5 Å². The molecule has 0 N–H and O–H groups in total. The second kappa shape index (κ2) is 4.99. The van der Waals surface area contributed by atoms with E-state index in [2.05, 4.69) is 6.07 Å². The fourth-order valence-electron chi connectivity index (χ4n) is 1.60. The molecule has 1 atom stereocenters. The SMILES string of the molecule is CCC(C)(C#N)C(=O)N(CCC#N)C1CC1. The maximum Gasteiger partial charge on any atom is 0.243 e. The Balaban J connectivity index is 2.75. The Morgan fingerprint density at radius 1 is 1.50 bits per heavy atom. The van der Waals surface area contributed by atoms with Crippen LogP contribution < -0.4 is 0 Å². The first-order valence-corrected chi connectivity index (χ1v) is 5.68. The highest BCUT2D eigenvalue weighted by Crippen LogP contribution is 2.32. The second-order valence-corrected chi connectivity index (χ2v) is 4.44. The molecule has 0 heterocycles. The summed E-state index contributed by atoms with van der Waals surface area (Å²) >= 11 is 0. The Bertz CT molecular complexity index is 348. The lowest BCUT2D eigenvalue weighted by Gasteiger charge is -2.28. The van der Waals surface area contributed by atoms with Gasteiger partial charge in [0.1, 0.15) is 5.41 Å². The molecule has 0 aliphatic heterocycles. The summed E-state index contributed by atoms with van der Waals surface area (Å²) in [6, 6.07) is 4.40. The van der Waals surface area contributed by atoms with Gasteiger partial charge in [0, 0.05) is 12.6 Å². The van der Waals surface area contributed by atoms with Gasteiger partial charge >= 0.3 is 0 Å². The quantitative estimate of drug-likeness (QED) is 0.708. The van der Waals surface area contributed by atoms with Crippen molar-refractivity contribution in [2.24, 2.45) is 5.41 Å². The number of amides is 1. The number of carbonyl (C=O) groups excluding carboxylic acids is 1. The lowest BCUT2D eigenvalue weighted by molar-refractivity contribution is -0.139. The van der Waals surface area contributed by atoms with Crippen molar-refractivity contribution in [3.63, 3.8) is 0 Å². The van der Waals surface area contributed by atoms with Gasteiger partial charge < -0.3 is 4.90 Å². The van der Waals surface area contributed by atoms with Gasteiger partial charge in [0.25, 0.3) is 0 Å². The smallest absolute Gasteiger partial charge is 0.243 e. The monoisotopic (exact) mass is 219 g/mol. The van der Waals surface area contributed by atoms with Gasteiger partial charge in [-0.2, -0.15) is 10.5 Å². The van der Waals surface area contributed by atoms with E-state index in [0.29, 0.717) is 19.4 Å². The molecule has 1 amide bonds. The molecule has 1 fully saturated rings. The molecule has 16 heavy (non-hydrogen) atoms. The van der Waals surface area contributed by atoms with Gasteiger partial charge in [0.2, 0.25) is 5.91 Å². The minimum absolute atomic E-state index is 0.116. The Morgan fingerprint density at radius 2 is 2.12 bits per heavy atom. The molecule has 0 aromatic carbocycles. The van der Waals surface area contributed by atoms with Crippen LogP contribution in [-0.2, 0) is 4.79 Å². The van der Waals surface area contributed by atoms with Crippen LogP contribution in [-0.4, -0.2) is 23.4 Å². The fourth-order valence-corrected chi connectivity index (χ4v) is 1.60. The predicted octanol–water partition coefficient (Wildman–Crippen LogP) is 1.83. The molecular weight excluding hydrogens is 202 g/mol. The van der Waals surface area contributed by atoms with E-state index in [1.54, 1.807) is 11.8 Å². The second-order valence-electron chi connectivity index (χ2n) is 4.44. The number of nitriles is 2. The predicted molar refractivity (Wildman–Crippen MR) is 59.0 cm³/mol. The maximum atomic E-state index is 12.2. The van der Waals surface area contributed by atoms with E-state index in [1.165, 1.54) is 0 Å². The largest absolute Gasteiger partial charge is 0.337 e. The van der Waals surface area contributed by atoms with Gasteiger partial charge in [-0.3, -0.25) is 4.79 Å². The average Bonchev–Trinajstić information content (AvgIpc) is 3.12. The molecule has 1 aliphatic rings. The van der Waals surface area contributed by atoms with Gasteiger partial charge in [-0.25, -0.2) is 0 Å². The van der Waals surface area contributed by atoms with Crippen LogP contribution in [0.5, 0.6) is 0 Å². The first-order valence-electron chi connectivity index (χ1n) is 5.68. The Morgan fingerprint density at radius 3 is 2.50 bits per heavy atom. The van der Waals surface area contributed by atoms with Crippen molar-refractivity contribution >= 4 is 5.91 Å². The van der Waals surface area contributed by atoms with E-state index in [0.717, 1.165) is 12.8 Å². The van der Waals surface area contributed by atoms with E-state index < -0.39 is 5.41 Å². The van der Waals surface area contributed by atoms with Crippen molar-refractivity contribution in [1.29, 1.82) is 10.5 Å². The summed E-state index contributed by atoms with van der Waals surface area (Å²) in [7, 11) is 0. The third-order valence-corrected chi connectivity index (χ3v) is 3.14. The molecule has 0 spiro atoms. The zero-order valence-corrected chi connectivity index (χ0v) is 9.86. The molecule has 1 unspecified atom stereocenters. The van der Waals surface area contributed by atoms with Crippen LogP contribution in [0.15, 0.2) is 0 Å². The zero-order valence-electron chi connectivity index (χ0n) is 9.86. The summed E-state index contributed by atoms with van der Waals surface area (Å²) in [5, 5.41) is 17.6. The molecule has 0 bridgehead atoms. The molecule has 0 saturated heterocycles. The highest BCUT2D eigenvalue weighted by molar-refractivity contribution is 5.85. The van der Waals surface area contributed by atoms with Gasteiger partial charge in [-0.05, 0) is 26.2 Å². The van der Waals surface area contributed by atoms with Crippen molar-refractivity contribution in [2.45, 2.75) is 45.6 Å². The standard InChI is InChI=1S/C12H17N3O/c1-3-12(2,9-14)11(16)15(8-4-7-13)10-5-6-10/h10H,3-6,8H2,1-2H3. The van der Waals surface area contributed by atoms with E-state index in [4.69, 9.17) is 10.5 Å². The first kappa shape index (κ1) is 12.5. The number of nitrogens with zero attached hydrogens (tertiary/aromatic N) is 3. The normalized spacial score (nSPS) is 18.0. The Labute approximate surface area is 96.5 Å². The molecule has 4 heteroatoms. The molecule has 4 nitrogen and oxygen atoms in total. The number of hydrogen-bond acceptors (Lipinski definition) is 3. The van der Waals surface area contributed by atoms with E-state index in [1.807, 2.05) is 13.0 Å². The highest BCUT2D eigenvalue weighted by Gasteiger charge is 2.41.